The van der Waals surface area contributed by atoms with Gasteiger partial charge in [0, 0.05) is 5.69 Å². The first kappa shape index (κ1) is 15.1. The molecule has 0 atom stereocenters. The lowest BCUT2D eigenvalue weighted by Gasteiger charge is -2.09. The maximum Gasteiger partial charge on any atom is 0.371 e. The summed E-state index contributed by atoms with van der Waals surface area (Å²) >= 11 is 10.8. The Morgan fingerprint density at radius 3 is 2.76 bits per heavy atom. The second-order valence-electron chi connectivity index (χ2n) is 3.99. The maximum absolute atomic E-state index is 10.7. The summed E-state index contributed by atoms with van der Waals surface area (Å²) in [6, 6.07) is 7.84. The maximum atomic E-state index is 10.7. The lowest BCUT2D eigenvalue weighted by atomic mass is 10.3. The number of nitrogens with one attached hydrogen (secondary N) is 1. The van der Waals surface area contributed by atoms with Gasteiger partial charge in [-0.3, -0.25) is 0 Å². The van der Waals surface area contributed by atoms with Crippen LogP contribution in [-0.4, -0.2) is 16.2 Å². The van der Waals surface area contributed by atoms with Gasteiger partial charge in [0.1, 0.15) is 18.1 Å². The summed E-state index contributed by atoms with van der Waals surface area (Å²) in [5.74, 6) is -0.463. The van der Waals surface area contributed by atoms with E-state index in [2.05, 4.69) is 5.32 Å². The molecule has 6 nitrogen and oxygen atoms in total. The van der Waals surface area contributed by atoms with Gasteiger partial charge in [-0.2, -0.15) is 0 Å². The number of ether oxygens (including phenoxy) is 1. The third kappa shape index (κ3) is 4.11. The molecule has 110 valence electrons. The first-order valence-electron chi connectivity index (χ1n) is 5.76. The predicted molar refractivity (Wildman–Crippen MR) is 81.9 cm³/mol. The Kier molecular flexibility index (Phi) is 4.66. The van der Waals surface area contributed by atoms with Crippen LogP contribution in [0.5, 0.6) is 5.75 Å². The molecule has 1 heterocycles. The Bertz CT molecular complexity index is 687. The number of hydrogen-bond acceptors (Lipinski definition) is 4. The van der Waals surface area contributed by atoms with Gasteiger partial charge in [-0.15, -0.1) is 0 Å². The number of nitrogens with two attached hydrogens (primary N) is 1. The van der Waals surface area contributed by atoms with Gasteiger partial charge in [-0.25, -0.2) is 4.79 Å². The van der Waals surface area contributed by atoms with Gasteiger partial charge in [-0.05, 0) is 42.5 Å². The molecule has 0 fully saturated rings. The Morgan fingerprint density at radius 1 is 1.43 bits per heavy atom. The average Bonchev–Trinajstić information content (AvgIpc) is 2.86. The first-order chi connectivity index (χ1) is 9.95. The van der Waals surface area contributed by atoms with Gasteiger partial charge in [-0.1, -0.05) is 11.6 Å². The molecule has 0 aliphatic carbocycles. The molecule has 8 heteroatoms. The molecule has 2 aromatic rings. The van der Waals surface area contributed by atoms with E-state index in [0.717, 1.165) is 0 Å². The zero-order chi connectivity index (χ0) is 15.4. The normalized spacial score (nSPS) is 10.1. The van der Waals surface area contributed by atoms with Crippen molar-refractivity contribution >= 4 is 40.6 Å². The second-order valence-corrected chi connectivity index (χ2v) is 4.84. The van der Waals surface area contributed by atoms with Crippen molar-refractivity contribution in [3.63, 3.8) is 0 Å². The van der Waals surface area contributed by atoms with E-state index in [0.29, 0.717) is 22.2 Å². The summed E-state index contributed by atoms with van der Waals surface area (Å²) in [5, 5.41) is 12.0. The second kappa shape index (κ2) is 6.47. The van der Waals surface area contributed by atoms with Crippen LogP contribution in [0.1, 0.15) is 16.3 Å². The summed E-state index contributed by atoms with van der Waals surface area (Å²) < 4.78 is 10.5. The highest BCUT2D eigenvalue weighted by Crippen LogP contribution is 2.28. The minimum Gasteiger partial charge on any atom is -0.484 e. The van der Waals surface area contributed by atoms with Crippen molar-refractivity contribution in [2.45, 2.75) is 6.61 Å². The van der Waals surface area contributed by atoms with E-state index < -0.39 is 5.97 Å². The molecule has 0 amide bonds. The lowest BCUT2D eigenvalue weighted by Crippen LogP contribution is -2.18. The highest BCUT2D eigenvalue weighted by Gasteiger charge is 2.10. The standard InChI is InChI=1S/C13H11ClN2O4S/c14-9-5-7(16-13(15)21)1-3-10(9)19-6-8-2-4-11(20-8)12(17)18/h1-5H,6H2,(H,17,18)(H3,15,16,21). The third-order valence-corrected chi connectivity index (χ3v) is 2.84. The number of carbonyl (C=O) groups is 1. The van der Waals surface area contributed by atoms with Gasteiger partial charge in [0.2, 0.25) is 5.76 Å². The largest absolute Gasteiger partial charge is 0.484 e. The van der Waals surface area contributed by atoms with E-state index in [1.165, 1.54) is 12.1 Å². The van der Waals surface area contributed by atoms with Crippen LogP contribution < -0.4 is 15.8 Å². The van der Waals surface area contributed by atoms with Gasteiger partial charge >= 0.3 is 5.97 Å². The van der Waals surface area contributed by atoms with Crippen LogP contribution in [0.4, 0.5) is 5.69 Å². The quantitative estimate of drug-likeness (QED) is 0.727. The SMILES string of the molecule is NC(=S)Nc1ccc(OCc2ccc(C(=O)O)o2)c(Cl)c1. The van der Waals surface area contributed by atoms with E-state index in [-0.39, 0.29) is 17.5 Å². The molecule has 2 rings (SSSR count). The minimum absolute atomic E-state index is 0.0646. The number of carboxylic acids is 1. The third-order valence-electron chi connectivity index (χ3n) is 2.44. The molecule has 0 saturated heterocycles. The average molecular weight is 327 g/mol. The van der Waals surface area contributed by atoms with Crippen molar-refractivity contribution < 1.29 is 19.1 Å². The molecule has 21 heavy (non-hydrogen) atoms. The van der Waals surface area contributed by atoms with Crippen molar-refractivity contribution in [3.05, 3.63) is 46.9 Å². The lowest BCUT2D eigenvalue weighted by molar-refractivity contribution is 0.0658. The van der Waals surface area contributed by atoms with Crippen LogP contribution in [0, 0.1) is 0 Å². The topological polar surface area (TPSA) is 97.7 Å². The number of anilines is 1. The van der Waals surface area contributed by atoms with Crippen LogP contribution in [0.2, 0.25) is 5.02 Å². The molecule has 1 aromatic heterocycles. The Morgan fingerprint density at radius 2 is 2.19 bits per heavy atom. The van der Waals surface area contributed by atoms with Gasteiger partial charge in [0.05, 0.1) is 5.02 Å². The van der Waals surface area contributed by atoms with Crippen LogP contribution in [0.25, 0.3) is 0 Å². The van der Waals surface area contributed by atoms with Crippen LogP contribution in [0.3, 0.4) is 0 Å². The number of hydrogen-bond donors (Lipinski definition) is 3. The number of furan rings is 1. The van der Waals surface area contributed by atoms with E-state index in [1.54, 1.807) is 18.2 Å². The van der Waals surface area contributed by atoms with Crippen LogP contribution in [-0.2, 0) is 6.61 Å². The molecular weight excluding hydrogens is 316 g/mol. The van der Waals surface area contributed by atoms with Crippen molar-refractivity contribution in [3.8, 4) is 5.75 Å². The molecule has 0 bridgehead atoms. The van der Waals surface area contributed by atoms with Crippen molar-refractivity contribution in [1.29, 1.82) is 0 Å². The van der Waals surface area contributed by atoms with Gasteiger partial charge in [0.25, 0.3) is 0 Å². The van der Waals surface area contributed by atoms with Gasteiger partial charge < -0.3 is 25.3 Å². The monoisotopic (exact) mass is 326 g/mol. The zero-order valence-corrected chi connectivity index (χ0v) is 12.2. The fourth-order valence-electron chi connectivity index (χ4n) is 1.56. The van der Waals surface area contributed by atoms with E-state index in [1.807, 2.05) is 0 Å². The van der Waals surface area contributed by atoms with E-state index >= 15 is 0 Å². The summed E-state index contributed by atoms with van der Waals surface area (Å²) in [6.07, 6.45) is 0. The summed E-state index contributed by atoms with van der Waals surface area (Å²) in [4.78, 5) is 10.7. The summed E-state index contributed by atoms with van der Waals surface area (Å²) in [7, 11) is 0. The Labute approximate surface area is 130 Å². The number of rotatable bonds is 5. The van der Waals surface area contributed by atoms with Crippen molar-refractivity contribution in [2.75, 3.05) is 5.32 Å². The Hall–Kier alpha value is -2.25. The molecule has 0 aliphatic rings. The molecule has 0 radical (unpaired) electrons. The highest BCUT2D eigenvalue weighted by molar-refractivity contribution is 7.80. The number of halogens is 1. The summed E-state index contributed by atoms with van der Waals surface area (Å²) in [5.41, 5.74) is 6.00. The fraction of sp³-hybridized carbons (Fsp3) is 0.0769. The molecule has 1 aromatic carbocycles. The smallest absolute Gasteiger partial charge is 0.371 e. The minimum atomic E-state index is -1.13. The number of aromatic carboxylic acids is 1. The molecule has 0 unspecified atom stereocenters. The highest BCUT2D eigenvalue weighted by atomic mass is 35.5. The van der Waals surface area contributed by atoms with Crippen molar-refractivity contribution in [2.24, 2.45) is 5.73 Å². The van der Waals surface area contributed by atoms with Crippen molar-refractivity contribution in [1.82, 2.24) is 0 Å². The van der Waals surface area contributed by atoms with E-state index in [4.69, 9.17) is 43.8 Å². The molecular formula is C13H11ClN2O4S. The molecule has 0 saturated carbocycles. The predicted octanol–water partition coefficient (Wildman–Crippen LogP) is 2.87. The van der Waals surface area contributed by atoms with E-state index in [9.17, 15) is 4.79 Å². The molecule has 0 spiro atoms. The summed E-state index contributed by atoms with van der Waals surface area (Å²) in [6.45, 7) is 0.0646. The number of benzene rings is 1. The fourth-order valence-corrected chi connectivity index (χ4v) is 1.91. The molecule has 0 aliphatic heterocycles. The Balaban J connectivity index is 2.02. The van der Waals surface area contributed by atoms with Crippen LogP contribution in [0.15, 0.2) is 34.7 Å². The first-order valence-corrected chi connectivity index (χ1v) is 6.55. The van der Waals surface area contributed by atoms with Gasteiger partial charge in [0.15, 0.2) is 5.11 Å². The van der Waals surface area contributed by atoms with Crippen LogP contribution >= 0.6 is 23.8 Å². The number of thiocarbonyl (C=S) groups is 1. The zero-order valence-electron chi connectivity index (χ0n) is 10.6. The molecule has 4 N–H and O–H groups in total. The number of carboxylic acid groups (broad SMARTS) is 1.